The minimum absolute atomic E-state index is 0.219. The van der Waals surface area contributed by atoms with Crippen molar-refractivity contribution in [1.29, 1.82) is 0 Å². The van der Waals surface area contributed by atoms with Crippen molar-refractivity contribution in [1.82, 2.24) is 10.2 Å². The third-order valence-corrected chi connectivity index (χ3v) is 3.82. The van der Waals surface area contributed by atoms with E-state index in [0.717, 1.165) is 25.9 Å². The summed E-state index contributed by atoms with van der Waals surface area (Å²) in [4.78, 5) is 25.2. The van der Waals surface area contributed by atoms with Crippen molar-refractivity contribution in [2.24, 2.45) is 0 Å². The number of hydrogen-bond acceptors (Lipinski definition) is 4. The lowest BCUT2D eigenvalue weighted by atomic mass is 10.0. The molecule has 1 N–H and O–H groups in total. The number of amides is 1. The maximum atomic E-state index is 11.8. The van der Waals surface area contributed by atoms with E-state index in [1.54, 1.807) is 0 Å². The summed E-state index contributed by atoms with van der Waals surface area (Å²) in [5.41, 5.74) is 2.74. The molecule has 1 atom stereocenters. The summed E-state index contributed by atoms with van der Waals surface area (Å²) in [5.74, 6) is -0.615. The van der Waals surface area contributed by atoms with Gasteiger partial charge in [0, 0.05) is 26.6 Å². The van der Waals surface area contributed by atoms with Gasteiger partial charge in [0.2, 0.25) is 5.91 Å². The van der Waals surface area contributed by atoms with Crippen LogP contribution < -0.4 is 5.32 Å². The van der Waals surface area contributed by atoms with Gasteiger partial charge in [-0.05, 0) is 24.0 Å². The van der Waals surface area contributed by atoms with Gasteiger partial charge in [-0.1, -0.05) is 24.3 Å². The molecule has 0 aliphatic carbocycles. The highest BCUT2D eigenvalue weighted by Gasteiger charge is 2.24. The number of carbonyl (C=O) groups excluding carboxylic acids is 2. The highest BCUT2D eigenvalue weighted by molar-refractivity contribution is 5.83. The minimum atomic E-state index is -0.603. The molecule has 5 heteroatoms. The molecule has 0 fully saturated rings. The van der Waals surface area contributed by atoms with Crippen LogP contribution in [0.2, 0.25) is 0 Å². The number of hydrogen-bond donors (Lipinski definition) is 1. The Morgan fingerprint density at radius 1 is 1.24 bits per heavy atom. The maximum absolute atomic E-state index is 11.8. The van der Waals surface area contributed by atoms with Gasteiger partial charge in [0.15, 0.2) is 0 Å². The zero-order chi connectivity index (χ0) is 15.2. The number of carbonyl (C=O) groups is 2. The number of methoxy groups -OCH3 is 1. The molecule has 1 aliphatic rings. The Labute approximate surface area is 125 Å². The normalized spacial score (nSPS) is 16.5. The van der Waals surface area contributed by atoms with Crippen LogP contribution in [0.15, 0.2) is 24.3 Å². The number of esters is 1. The maximum Gasteiger partial charge on any atom is 0.329 e. The van der Waals surface area contributed by atoms with E-state index in [2.05, 4.69) is 34.5 Å². The fraction of sp³-hybridized carbons (Fsp3) is 0.500. The van der Waals surface area contributed by atoms with Crippen LogP contribution in [0.1, 0.15) is 18.1 Å². The Morgan fingerprint density at radius 2 is 1.81 bits per heavy atom. The lowest BCUT2D eigenvalue weighted by Gasteiger charge is -2.25. The molecule has 1 unspecified atom stereocenters. The number of rotatable bonds is 4. The van der Waals surface area contributed by atoms with Crippen LogP contribution in [0.3, 0.4) is 0 Å². The molecular formula is C16H22N2O3. The van der Waals surface area contributed by atoms with Crippen molar-refractivity contribution in [2.45, 2.75) is 25.8 Å². The number of ether oxygens (including phenoxy) is 1. The van der Waals surface area contributed by atoms with Crippen LogP contribution in [0, 0.1) is 0 Å². The minimum Gasteiger partial charge on any atom is -0.467 e. The summed E-state index contributed by atoms with van der Waals surface area (Å²) in [7, 11) is 1.34. The Balaban J connectivity index is 1.99. The third kappa shape index (κ3) is 4.29. The Kier molecular flexibility index (Phi) is 5.33. The Hall–Kier alpha value is -1.88. The highest BCUT2D eigenvalue weighted by Crippen LogP contribution is 2.15. The van der Waals surface area contributed by atoms with E-state index in [4.69, 9.17) is 4.74 Å². The van der Waals surface area contributed by atoms with Gasteiger partial charge >= 0.3 is 5.97 Å². The van der Waals surface area contributed by atoms with Gasteiger partial charge in [-0.15, -0.1) is 0 Å². The number of nitrogens with zero attached hydrogens (tertiary/aromatic N) is 1. The molecule has 1 aliphatic heterocycles. The molecule has 2 rings (SSSR count). The quantitative estimate of drug-likeness (QED) is 0.832. The molecule has 1 heterocycles. The lowest BCUT2D eigenvalue weighted by Crippen LogP contribution is -2.49. The Bertz CT molecular complexity index is 489. The van der Waals surface area contributed by atoms with E-state index in [0.29, 0.717) is 6.54 Å². The van der Waals surface area contributed by atoms with Crippen molar-refractivity contribution in [3.8, 4) is 0 Å². The SMILES string of the molecule is COC(=O)C(CN1CCc2ccccc2CC1)NC(C)=O. The second kappa shape index (κ2) is 7.22. The topological polar surface area (TPSA) is 58.6 Å². The van der Waals surface area contributed by atoms with E-state index in [1.165, 1.54) is 25.2 Å². The molecule has 0 bridgehead atoms. The fourth-order valence-corrected chi connectivity index (χ4v) is 2.72. The van der Waals surface area contributed by atoms with Crippen LogP contribution in [-0.2, 0) is 27.2 Å². The molecule has 1 aromatic rings. The second-order valence-corrected chi connectivity index (χ2v) is 5.35. The van der Waals surface area contributed by atoms with E-state index in [1.807, 2.05) is 0 Å². The molecular weight excluding hydrogens is 268 g/mol. The summed E-state index contributed by atoms with van der Waals surface area (Å²) in [6.07, 6.45) is 1.92. The Morgan fingerprint density at radius 3 is 2.29 bits per heavy atom. The molecule has 1 amide bonds. The van der Waals surface area contributed by atoms with Crippen LogP contribution in [0.4, 0.5) is 0 Å². The first kappa shape index (κ1) is 15.5. The van der Waals surface area contributed by atoms with E-state index >= 15 is 0 Å². The predicted octanol–water partition coefficient (Wildman–Crippen LogP) is 0.765. The van der Waals surface area contributed by atoms with Crippen molar-refractivity contribution in [3.63, 3.8) is 0 Å². The average molecular weight is 290 g/mol. The monoisotopic (exact) mass is 290 g/mol. The molecule has 21 heavy (non-hydrogen) atoms. The van der Waals surface area contributed by atoms with Crippen molar-refractivity contribution in [2.75, 3.05) is 26.7 Å². The molecule has 0 aromatic heterocycles. The first-order chi connectivity index (χ1) is 10.1. The van der Waals surface area contributed by atoms with E-state index in [9.17, 15) is 9.59 Å². The first-order valence-corrected chi connectivity index (χ1v) is 7.24. The smallest absolute Gasteiger partial charge is 0.329 e. The summed E-state index contributed by atoms with van der Waals surface area (Å²) >= 11 is 0. The number of nitrogens with one attached hydrogen (secondary N) is 1. The van der Waals surface area contributed by atoms with Gasteiger partial charge in [0.25, 0.3) is 0 Å². The van der Waals surface area contributed by atoms with Gasteiger partial charge in [0.1, 0.15) is 6.04 Å². The van der Waals surface area contributed by atoms with Crippen molar-refractivity contribution in [3.05, 3.63) is 35.4 Å². The lowest BCUT2D eigenvalue weighted by molar-refractivity contribution is -0.145. The average Bonchev–Trinajstić information content (AvgIpc) is 2.68. The molecule has 5 nitrogen and oxygen atoms in total. The molecule has 0 saturated heterocycles. The van der Waals surface area contributed by atoms with E-state index in [-0.39, 0.29) is 5.91 Å². The first-order valence-electron chi connectivity index (χ1n) is 7.24. The number of fused-ring (bicyclic) bond motifs is 1. The van der Waals surface area contributed by atoms with Crippen LogP contribution in [-0.4, -0.2) is 49.6 Å². The molecule has 0 saturated carbocycles. The van der Waals surface area contributed by atoms with Gasteiger partial charge in [0.05, 0.1) is 7.11 Å². The summed E-state index contributed by atoms with van der Waals surface area (Å²) in [6, 6.07) is 7.83. The summed E-state index contributed by atoms with van der Waals surface area (Å²) in [6.45, 7) is 3.66. The van der Waals surface area contributed by atoms with Crippen molar-refractivity contribution < 1.29 is 14.3 Å². The van der Waals surface area contributed by atoms with Gasteiger partial charge < -0.3 is 15.0 Å². The summed E-state index contributed by atoms with van der Waals surface area (Å²) < 4.78 is 4.77. The van der Waals surface area contributed by atoms with Crippen LogP contribution >= 0.6 is 0 Å². The van der Waals surface area contributed by atoms with Crippen LogP contribution in [0.5, 0.6) is 0 Å². The second-order valence-electron chi connectivity index (χ2n) is 5.35. The predicted molar refractivity (Wildman–Crippen MR) is 79.9 cm³/mol. The molecule has 0 radical (unpaired) electrons. The molecule has 114 valence electrons. The third-order valence-electron chi connectivity index (χ3n) is 3.82. The van der Waals surface area contributed by atoms with Gasteiger partial charge in [-0.2, -0.15) is 0 Å². The molecule has 0 spiro atoms. The van der Waals surface area contributed by atoms with Crippen LogP contribution in [0.25, 0.3) is 0 Å². The van der Waals surface area contributed by atoms with E-state index < -0.39 is 12.0 Å². The number of benzene rings is 1. The zero-order valence-corrected chi connectivity index (χ0v) is 12.6. The summed E-state index contributed by atoms with van der Waals surface area (Å²) in [5, 5.41) is 2.66. The zero-order valence-electron chi connectivity index (χ0n) is 12.6. The largest absolute Gasteiger partial charge is 0.467 e. The standard InChI is InChI=1S/C16H22N2O3/c1-12(19)17-15(16(20)21-2)11-18-9-7-13-5-3-4-6-14(13)8-10-18/h3-6,15H,7-11H2,1-2H3,(H,17,19). The van der Waals surface area contributed by atoms with Crippen molar-refractivity contribution >= 4 is 11.9 Å². The highest BCUT2D eigenvalue weighted by atomic mass is 16.5. The molecule has 1 aromatic carbocycles. The van der Waals surface area contributed by atoms with Gasteiger partial charge in [-0.3, -0.25) is 4.79 Å². The van der Waals surface area contributed by atoms with Gasteiger partial charge in [-0.25, -0.2) is 4.79 Å². The fourth-order valence-electron chi connectivity index (χ4n) is 2.72.